The summed E-state index contributed by atoms with van der Waals surface area (Å²) >= 11 is 0. The van der Waals surface area contributed by atoms with Crippen LogP contribution in [0, 0.1) is 0 Å². The fourth-order valence-electron chi connectivity index (χ4n) is 1.35. The van der Waals surface area contributed by atoms with E-state index in [9.17, 15) is 9.90 Å². The highest BCUT2D eigenvalue weighted by atomic mass is 16.5. The van der Waals surface area contributed by atoms with E-state index in [0.29, 0.717) is 0 Å². The zero-order valence-electron chi connectivity index (χ0n) is 9.56. The number of carbonyl (C=O) groups excluding carboxylic acids is 1. The molecule has 0 radical (unpaired) electrons. The van der Waals surface area contributed by atoms with Crippen molar-refractivity contribution in [3.05, 3.63) is 35.9 Å². The summed E-state index contributed by atoms with van der Waals surface area (Å²) in [6.45, 7) is 1.83. The SMILES string of the molecule is COCC(=O)NCC(C)(O)c1ccccc1. The first-order chi connectivity index (χ1) is 7.56. The second kappa shape index (κ2) is 5.63. The Labute approximate surface area is 95.2 Å². The van der Waals surface area contributed by atoms with E-state index in [-0.39, 0.29) is 19.1 Å². The number of nitrogens with one attached hydrogen (secondary N) is 1. The van der Waals surface area contributed by atoms with Crippen molar-refractivity contribution in [3.63, 3.8) is 0 Å². The number of hydrogen-bond acceptors (Lipinski definition) is 3. The molecule has 0 aliphatic heterocycles. The van der Waals surface area contributed by atoms with Crippen molar-refractivity contribution >= 4 is 5.91 Å². The van der Waals surface area contributed by atoms with Crippen molar-refractivity contribution in [2.24, 2.45) is 0 Å². The Morgan fingerprint density at radius 2 is 2.06 bits per heavy atom. The van der Waals surface area contributed by atoms with Gasteiger partial charge >= 0.3 is 0 Å². The molecule has 0 fully saturated rings. The molecule has 1 amide bonds. The van der Waals surface area contributed by atoms with Crippen molar-refractivity contribution in [2.45, 2.75) is 12.5 Å². The molecule has 0 bridgehead atoms. The summed E-state index contributed by atoms with van der Waals surface area (Å²) in [4.78, 5) is 11.2. The third-order valence-electron chi connectivity index (χ3n) is 2.30. The molecular weight excluding hydrogens is 206 g/mol. The maximum atomic E-state index is 11.2. The Morgan fingerprint density at radius 1 is 1.44 bits per heavy atom. The van der Waals surface area contributed by atoms with Gasteiger partial charge in [-0.3, -0.25) is 4.79 Å². The van der Waals surface area contributed by atoms with Gasteiger partial charge in [0.1, 0.15) is 12.2 Å². The lowest BCUT2D eigenvalue weighted by Crippen LogP contribution is -2.39. The molecule has 1 atom stereocenters. The summed E-state index contributed by atoms with van der Waals surface area (Å²) in [5.74, 6) is -0.237. The van der Waals surface area contributed by atoms with Crippen LogP contribution in [0.5, 0.6) is 0 Å². The maximum Gasteiger partial charge on any atom is 0.246 e. The minimum Gasteiger partial charge on any atom is -0.384 e. The second-order valence-corrected chi connectivity index (χ2v) is 3.85. The third kappa shape index (κ3) is 3.64. The summed E-state index contributed by atoms with van der Waals surface area (Å²) < 4.78 is 4.68. The first-order valence-corrected chi connectivity index (χ1v) is 5.10. The minimum atomic E-state index is -1.06. The fourth-order valence-corrected chi connectivity index (χ4v) is 1.35. The Morgan fingerprint density at radius 3 is 2.62 bits per heavy atom. The number of ether oxygens (including phenoxy) is 1. The molecule has 2 N–H and O–H groups in total. The number of benzene rings is 1. The van der Waals surface area contributed by atoms with E-state index in [4.69, 9.17) is 0 Å². The van der Waals surface area contributed by atoms with Crippen LogP contribution in [0.25, 0.3) is 0 Å². The van der Waals surface area contributed by atoms with Crippen LogP contribution in [0.2, 0.25) is 0 Å². The van der Waals surface area contributed by atoms with Crippen LogP contribution in [0.3, 0.4) is 0 Å². The Hall–Kier alpha value is -1.39. The zero-order chi connectivity index (χ0) is 12.0. The molecule has 0 saturated carbocycles. The Bertz CT molecular complexity index is 335. The van der Waals surface area contributed by atoms with E-state index in [2.05, 4.69) is 10.1 Å². The number of methoxy groups -OCH3 is 1. The highest BCUT2D eigenvalue weighted by Crippen LogP contribution is 2.18. The van der Waals surface area contributed by atoms with Gasteiger partial charge in [0.2, 0.25) is 5.91 Å². The van der Waals surface area contributed by atoms with E-state index in [1.165, 1.54) is 7.11 Å². The highest BCUT2D eigenvalue weighted by Gasteiger charge is 2.23. The molecule has 1 rings (SSSR count). The summed E-state index contributed by atoms with van der Waals surface area (Å²) in [6.07, 6.45) is 0. The topological polar surface area (TPSA) is 58.6 Å². The molecule has 1 unspecified atom stereocenters. The van der Waals surface area contributed by atoms with Gasteiger partial charge in [-0.15, -0.1) is 0 Å². The van der Waals surface area contributed by atoms with E-state index < -0.39 is 5.60 Å². The van der Waals surface area contributed by atoms with Gasteiger partial charge in [-0.05, 0) is 12.5 Å². The normalized spacial score (nSPS) is 14.2. The quantitative estimate of drug-likeness (QED) is 0.771. The van der Waals surface area contributed by atoms with Gasteiger partial charge < -0.3 is 15.2 Å². The van der Waals surface area contributed by atoms with E-state index in [0.717, 1.165) is 5.56 Å². The number of amides is 1. The summed E-state index contributed by atoms with van der Waals surface area (Å²) in [5.41, 5.74) is -0.294. The van der Waals surface area contributed by atoms with Crippen LogP contribution in [0.4, 0.5) is 0 Å². The van der Waals surface area contributed by atoms with Crippen LogP contribution < -0.4 is 5.32 Å². The largest absolute Gasteiger partial charge is 0.384 e. The van der Waals surface area contributed by atoms with Crippen molar-refractivity contribution in [2.75, 3.05) is 20.3 Å². The molecule has 0 saturated heterocycles. The summed E-state index contributed by atoms with van der Waals surface area (Å²) in [6, 6.07) is 9.22. The van der Waals surface area contributed by atoms with Gasteiger partial charge in [0.05, 0.1) is 6.54 Å². The molecule has 88 valence electrons. The van der Waals surface area contributed by atoms with Crippen LogP contribution in [-0.2, 0) is 15.1 Å². The average Bonchev–Trinajstić information content (AvgIpc) is 2.28. The third-order valence-corrected chi connectivity index (χ3v) is 2.30. The van der Waals surface area contributed by atoms with Crippen molar-refractivity contribution in [1.29, 1.82) is 0 Å². The molecule has 4 nitrogen and oxygen atoms in total. The maximum absolute atomic E-state index is 11.2. The molecule has 1 aromatic rings. The van der Waals surface area contributed by atoms with Crippen molar-refractivity contribution in [1.82, 2.24) is 5.32 Å². The van der Waals surface area contributed by atoms with Crippen LogP contribution in [0.15, 0.2) is 30.3 Å². The minimum absolute atomic E-state index is 0.00483. The molecule has 0 heterocycles. The Kier molecular flexibility index (Phi) is 4.46. The van der Waals surface area contributed by atoms with Crippen LogP contribution in [-0.4, -0.2) is 31.3 Å². The lowest BCUT2D eigenvalue weighted by atomic mass is 9.96. The lowest BCUT2D eigenvalue weighted by Gasteiger charge is -2.24. The lowest BCUT2D eigenvalue weighted by molar-refractivity contribution is -0.125. The predicted molar refractivity (Wildman–Crippen MR) is 60.9 cm³/mol. The van der Waals surface area contributed by atoms with Gasteiger partial charge in [0.15, 0.2) is 0 Å². The van der Waals surface area contributed by atoms with Gasteiger partial charge in [0.25, 0.3) is 0 Å². The number of hydrogen-bond donors (Lipinski definition) is 2. The van der Waals surface area contributed by atoms with Gasteiger partial charge in [-0.2, -0.15) is 0 Å². The van der Waals surface area contributed by atoms with Crippen molar-refractivity contribution < 1.29 is 14.6 Å². The summed E-state index contributed by atoms with van der Waals surface area (Å²) in [7, 11) is 1.45. The van der Waals surface area contributed by atoms with Crippen LogP contribution in [0.1, 0.15) is 12.5 Å². The number of rotatable bonds is 5. The second-order valence-electron chi connectivity index (χ2n) is 3.85. The number of aliphatic hydroxyl groups is 1. The smallest absolute Gasteiger partial charge is 0.246 e. The van der Waals surface area contributed by atoms with E-state index in [1.807, 2.05) is 30.3 Å². The van der Waals surface area contributed by atoms with E-state index in [1.54, 1.807) is 6.92 Å². The monoisotopic (exact) mass is 223 g/mol. The molecule has 0 aromatic heterocycles. The van der Waals surface area contributed by atoms with E-state index >= 15 is 0 Å². The molecular formula is C12H17NO3. The van der Waals surface area contributed by atoms with Crippen LogP contribution >= 0.6 is 0 Å². The van der Waals surface area contributed by atoms with Gasteiger partial charge in [0, 0.05) is 7.11 Å². The average molecular weight is 223 g/mol. The van der Waals surface area contributed by atoms with Crippen molar-refractivity contribution in [3.8, 4) is 0 Å². The standard InChI is InChI=1S/C12H17NO3/c1-12(15,9-13-11(14)8-16-2)10-6-4-3-5-7-10/h3-7,15H,8-9H2,1-2H3,(H,13,14). The number of carbonyl (C=O) groups is 1. The van der Waals surface area contributed by atoms with Gasteiger partial charge in [-0.1, -0.05) is 30.3 Å². The molecule has 0 aliphatic rings. The molecule has 0 spiro atoms. The first-order valence-electron chi connectivity index (χ1n) is 5.10. The first kappa shape index (κ1) is 12.7. The molecule has 1 aromatic carbocycles. The highest BCUT2D eigenvalue weighted by molar-refractivity contribution is 5.77. The molecule has 0 aliphatic carbocycles. The molecule has 4 heteroatoms. The Balaban J connectivity index is 2.55. The fraction of sp³-hybridized carbons (Fsp3) is 0.417. The summed E-state index contributed by atoms with van der Waals surface area (Å²) in [5, 5.41) is 12.8. The predicted octanol–water partition coefficient (Wildman–Crippen LogP) is 0.657. The zero-order valence-corrected chi connectivity index (χ0v) is 9.56. The molecule has 16 heavy (non-hydrogen) atoms. The van der Waals surface area contributed by atoms with Gasteiger partial charge in [-0.25, -0.2) is 0 Å².